The lowest BCUT2D eigenvalue weighted by molar-refractivity contribution is -0.117. The number of carboxylic acid groups (broad SMARTS) is 1. The van der Waals surface area contributed by atoms with E-state index in [4.69, 9.17) is 10.8 Å². The van der Waals surface area contributed by atoms with Crippen LogP contribution in [0.5, 0.6) is 0 Å². The van der Waals surface area contributed by atoms with Crippen molar-refractivity contribution in [3.8, 4) is 0 Å². The van der Waals surface area contributed by atoms with E-state index < -0.39 is 22.9 Å². The van der Waals surface area contributed by atoms with Gasteiger partial charge in [-0.15, -0.1) is 0 Å². The number of nitrogens with one attached hydrogen (secondary N) is 1. The summed E-state index contributed by atoms with van der Waals surface area (Å²) in [6.07, 6.45) is 0.0762. The first-order valence-electron chi connectivity index (χ1n) is 5.30. The quantitative estimate of drug-likeness (QED) is 0.760. The van der Waals surface area contributed by atoms with Crippen LogP contribution >= 0.6 is 0 Å². The Morgan fingerprint density at radius 1 is 1.44 bits per heavy atom. The fraction of sp³-hybridized carbons (Fsp3) is 0.333. The molecule has 0 spiro atoms. The summed E-state index contributed by atoms with van der Waals surface area (Å²) in [5.41, 5.74) is 4.75. The Morgan fingerprint density at radius 3 is 2.56 bits per heavy atom. The van der Waals surface area contributed by atoms with Gasteiger partial charge in [0.05, 0.1) is 5.56 Å². The van der Waals surface area contributed by atoms with E-state index in [9.17, 15) is 14.0 Å². The number of rotatable bonds is 4. The second kappa shape index (κ2) is 5.14. The molecule has 0 aromatic heterocycles. The molecule has 0 unspecified atom stereocenters. The number of halogens is 1. The first-order chi connectivity index (χ1) is 8.19. The first kappa shape index (κ1) is 14.1. The van der Waals surface area contributed by atoms with Gasteiger partial charge in [0.15, 0.2) is 0 Å². The van der Waals surface area contributed by atoms with Gasteiger partial charge in [0, 0.05) is 17.6 Å². The standard InChI is InChI=1S/C12H15FN2O3/c1-12(2,14)6-10(16)15-7-3-4-9(13)8(5-7)11(17)18/h3-5H,6,14H2,1-2H3,(H,15,16)(H,17,18). The van der Waals surface area contributed by atoms with Crippen LogP contribution in [0.2, 0.25) is 0 Å². The van der Waals surface area contributed by atoms with Crippen molar-refractivity contribution in [3.05, 3.63) is 29.6 Å². The van der Waals surface area contributed by atoms with Crippen molar-refractivity contribution in [2.75, 3.05) is 5.32 Å². The molecular weight excluding hydrogens is 239 g/mol. The first-order valence-corrected chi connectivity index (χ1v) is 5.30. The lowest BCUT2D eigenvalue weighted by atomic mass is 10.0. The van der Waals surface area contributed by atoms with E-state index >= 15 is 0 Å². The number of carboxylic acids is 1. The highest BCUT2D eigenvalue weighted by molar-refractivity contribution is 5.94. The van der Waals surface area contributed by atoms with Gasteiger partial charge in [0.25, 0.3) is 0 Å². The SMILES string of the molecule is CC(C)(N)CC(=O)Nc1ccc(F)c(C(=O)O)c1. The lowest BCUT2D eigenvalue weighted by Crippen LogP contribution is -2.36. The van der Waals surface area contributed by atoms with Gasteiger partial charge in [-0.1, -0.05) is 0 Å². The summed E-state index contributed by atoms with van der Waals surface area (Å²) < 4.78 is 13.1. The van der Waals surface area contributed by atoms with Crippen LogP contribution in [0.4, 0.5) is 10.1 Å². The monoisotopic (exact) mass is 254 g/mol. The van der Waals surface area contributed by atoms with E-state index in [1.807, 2.05) is 0 Å². The summed E-state index contributed by atoms with van der Waals surface area (Å²) in [4.78, 5) is 22.3. The number of anilines is 1. The molecule has 0 aliphatic carbocycles. The van der Waals surface area contributed by atoms with Gasteiger partial charge < -0.3 is 16.2 Å². The van der Waals surface area contributed by atoms with Gasteiger partial charge in [-0.3, -0.25) is 4.79 Å². The summed E-state index contributed by atoms with van der Waals surface area (Å²) in [5, 5.41) is 11.2. The number of hydrogen-bond acceptors (Lipinski definition) is 3. The number of hydrogen-bond donors (Lipinski definition) is 3. The number of nitrogens with two attached hydrogens (primary N) is 1. The Morgan fingerprint density at radius 2 is 2.06 bits per heavy atom. The van der Waals surface area contributed by atoms with Gasteiger partial charge in [-0.05, 0) is 32.0 Å². The van der Waals surface area contributed by atoms with Crippen molar-refractivity contribution in [3.63, 3.8) is 0 Å². The van der Waals surface area contributed by atoms with Gasteiger partial charge in [-0.25, -0.2) is 9.18 Å². The van der Waals surface area contributed by atoms with Crippen LogP contribution in [0.1, 0.15) is 30.6 Å². The van der Waals surface area contributed by atoms with Gasteiger partial charge in [-0.2, -0.15) is 0 Å². The maximum Gasteiger partial charge on any atom is 0.338 e. The Bertz CT molecular complexity index is 481. The minimum absolute atomic E-state index is 0.0762. The van der Waals surface area contributed by atoms with Gasteiger partial charge in [0.2, 0.25) is 5.91 Å². The normalized spacial score (nSPS) is 11.1. The largest absolute Gasteiger partial charge is 0.478 e. The molecule has 1 aromatic rings. The van der Waals surface area contributed by atoms with Crippen LogP contribution < -0.4 is 11.1 Å². The van der Waals surface area contributed by atoms with E-state index in [-0.39, 0.29) is 18.0 Å². The number of amides is 1. The Kier molecular flexibility index (Phi) is 4.03. The molecule has 0 atom stereocenters. The maximum atomic E-state index is 13.1. The molecule has 1 rings (SSSR count). The topological polar surface area (TPSA) is 92.4 Å². The average Bonchev–Trinajstić information content (AvgIpc) is 2.17. The number of benzene rings is 1. The molecule has 0 saturated heterocycles. The molecule has 0 fully saturated rings. The molecule has 0 aliphatic heterocycles. The summed E-state index contributed by atoms with van der Waals surface area (Å²) in [6, 6.07) is 3.36. The third-order valence-corrected chi connectivity index (χ3v) is 2.10. The molecule has 0 bridgehead atoms. The molecule has 18 heavy (non-hydrogen) atoms. The van der Waals surface area contributed by atoms with Crippen molar-refractivity contribution in [1.82, 2.24) is 0 Å². The van der Waals surface area contributed by atoms with Gasteiger partial charge >= 0.3 is 5.97 Å². The Hall–Kier alpha value is -1.95. The molecule has 0 radical (unpaired) electrons. The lowest BCUT2D eigenvalue weighted by Gasteiger charge is -2.17. The summed E-state index contributed by atoms with van der Waals surface area (Å²) in [5.74, 6) is -2.59. The summed E-state index contributed by atoms with van der Waals surface area (Å²) >= 11 is 0. The Labute approximate surface area is 104 Å². The summed E-state index contributed by atoms with van der Waals surface area (Å²) in [7, 11) is 0. The zero-order chi connectivity index (χ0) is 13.9. The van der Waals surface area contributed by atoms with E-state index in [1.54, 1.807) is 13.8 Å². The average molecular weight is 254 g/mol. The molecule has 4 N–H and O–H groups in total. The minimum Gasteiger partial charge on any atom is -0.478 e. The smallest absolute Gasteiger partial charge is 0.338 e. The van der Waals surface area contributed by atoms with E-state index in [0.717, 1.165) is 12.1 Å². The van der Waals surface area contributed by atoms with Crippen LogP contribution in [0.25, 0.3) is 0 Å². The van der Waals surface area contributed by atoms with Crippen LogP contribution in [-0.4, -0.2) is 22.5 Å². The Balaban J connectivity index is 2.83. The number of aromatic carboxylic acids is 1. The maximum absolute atomic E-state index is 13.1. The molecule has 0 heterocycles. The van der Waals surface area contributed by atoms with Crippen LogP contribution in [0, 0.1) is 5.82 Å². The van der Waals surface area contributed by atoms with E-state index in [0.29, 0.717) is 0 Å². The summed E-state index contributed by atoms with van der Waals surface area (Å²) in [6.45, 7) is 3.39. The fourth-order valence-corrected chi connectivity index (χ4v) is 1.39. The van der Waals surface area contributed by atoms with Crippen molar-refractivity contribution in [2.24, 2.45) is 5.73 Å². The molecule has 6 heteroatoms. The van der Waals surface area contributed by atoms with Gasteiger partial charge in [0.1, 0.15) is 5.82 Å². The minimum atomic E-state index is -1.39. The number of carbonyl (C=O) groups is 2. The highest BCUT2D eigenvalue weighted by Gasteiger charge is 2.17. The molecular formula is C12H15FN2O3. The van der Waals surface area contributed by atoms with E-state index in [1.165, 1.54) is 6.07 Å². The van der Waals surface area contributed by atoms with Crippen molar-refractivity contribution in [2.45, 2.75) is 25.8 Å². The second-order valence-corrected chi connectivity index (χ2v) is 4.71. The number of carbonyl (C=O) groups excluding carboxylic acids is 1. The zero-order valence-electron chi connectivity index (χ0n) is 10.2. The third-order valence-electron chi connectivity index (χ3n) is 2.10. The molecule has 5 nitrogen and oxygen atoms in total. The highest BCUT2D eigenvalue weighted by atomic mass is 19.1. The van der Waals surface area contributed by atoms with Crippen LogP contribution in [0.15, 0.2) is 18.2 Å². The van der Waals surface area contributed by atoms with Crippen molar-refractivity contribution >= 4 is 17.6 Å². The second-order valence-electron chi connectivity index (χ2n) is 4.71. The molecule has 1 amide bonds. The third kappa shape index (κ3) is 4.14. The molecule has 1 aromatic carbocycles. The molecule has 0 aliphatic rings. The highest BCUT2D eigenvalue weighted by Crippen LogP contribution is 2.16. The predicted molar refractivity (Wildman–Crippen MR) is 64.9 cm³/mol. The fourth-order valence-electron chi connectivity index (χ4n) is 1.39. The zero-order valence-corrected chi connectivity index (χ0v) is 10.2. The molecule has 98 valence electrons. The van der Waals surface area contributed by atoms with Crippen LogP contribution in [0.3, 0.4) is 0 Å². The van der Waals surface area contributed by atoms with Crippen molar-refractivity contribution < 1.29 is 19.1 Å². The van der Waals surface area contributed by atoms with E-state index in [2.05, 4.69) is 5.32 Å². The van der Waals surface area contributed by atoms with Crippen LogP contribution in [-0.2, 0) is 4.79 Å². The van der Waals surface area contributed by atoms with Crippen molar-refractivity contribution in [1.29, 1.82) is 0 Å². The molecule has 0 saturated carbocycles. The predicted octanol–water partition coefficient (Wildman–Crippen LogP) is 1.59.